The standard InChI is InChI=1S/C21H13N/c1-2-6-15-12-19-16(11-14(15)5-1)9-10-20-21(19)18-8-4-3-7-17(18)13-22-20/h1-13H. The Bertz CT molecular complexity index is 1170. The van der Waals surface area contributed by atoms with E-state index in [1.807, 2.05) is 6.20 Å². The van der Waals surface area contributed by atoms with Gasteiger partial charge in [-0.2, -0.15) is 0 Å². The van der Waals surface area contributed by atoms with Crippen LogP contribution in [0.15, 0.2) is 79.0 Å². The molecule has 0 N–H and O–H groups in total. The van der Waals surface area contributed by atoms with Crippen molar-refractivity contribution in [1.29, 1.82) is 0 Å². The normalized spacial score (nSPS) is 11.6. The van der Waals surface area contributed by atoms with Crippen molar-refractivity contribution in [1.82, 2.24) is 4.98 Å². The summed E-state index contributed by atoms with van der Waals surface area (Å²) in [5.41, 5.74) is 1.06. The second-order valence-corrected chi connectivity index (χ2v) is 5.73. The van der Waals surface area contributed by atoms with Gasteiger partial charge in [0.15, 0.2) is 0 Å². The van der Waals surface area contributed by atoms with Crippen LogP contribution in [-0.4, -0.2) is 4.98 Å². The molecule has 0 aliphatic carbocycles. The molecular formula is C21H13N. The van der Waals surface area contributed by atoms with E-state index in [4.69, 9.17) is 0 Å². The fraction of sp³-hybridized carbons (Fsp3) is 0. The van der Waals surface area contributed by atoms with E-state index in [1.54, 1.807) is 0 Å². The molecule has 0 spiro atoms. The number of fused-ring (bicyclic) bond motifs is 6. The molecule has 102 valence electrons. The van der Waals surface area contributed by atoms with Gasteiger partial charge >= 0.3 is 0 Å². The minimum atomic E-state index is 1.06. The second kappa shape index (κ2) is 4.28. The topological polar surface area (TPSA) is 12.9 Å². The van der Waals surface area contributed by atoms with Crippen LogP contribution in [0.3, 0.4) is 0 Å². The summed E-state index contributed by atoms with van der Waals surface area (Å²) in [5.74, 6) is 0. The maximum Gasteiger partial charge on any atom is 0.0714 e. The predicted molar refractivity (Wildman–Crippen MR) is 94.3 cm³/mol. The van der Waals surface area contributed by atoms with Crippen LogP contribution in [0.2, 0.25) is 0 Å². The van der Waals surface area contributed by atoms with Gasteiger partial charge in [0.25, 0.3) is 0 Å². The van der Waals surface area contributed by atoms with Crippen LogP contribution >= 0.6 is 0 Å². The van der Waals surface area contributed by atoms with Crippen molar-refractivity contribution in [3.8, 4) is 0 Å². The van der Waals surface area contributed by atoms with Gasteiger partial charge in [0.2, 0.25) is 0 Å². The minimum absolute atomic E-state index is 1.06. The molecule has 0 atom stereocenters. The van der Waals surface area contributed by atoms with E-state index in [1.165, 1.54) is 37.7 Å². The fourth-order valence-electron chi connectivity index (χ4n) is 3.37. The molecule has 1 aromatic heterocycles. The number of hydrogen-bond donors (Lipinski definition) is 0. The van der Waals surface area contributed by atoms with Crippen LogP contribution in [0.25, 0.3) is 43.2 Å². The van der Waals surface area contributed by atoms with Gasteiger partial charge < -0.3 is 0 Å². The van der Waals surface area contributed by atoms with Crippen molar-refractivity contribution >= 4 is 43.2 Å². The van der Waals surface area contributed by atoms with Crippen LogP contribution in [-0.2, 0) is 0 Å². The van der Waals surface area contributed by atoms with Gasteiger partial charge in [0.1, 0.15) is 0 Å². The summed E-state index contributed by atoms with van der Waals surface area (Å²) >= 11 is 0. The van der Waals surface area contributed by atoms with Crippen LogP contribution in [0.5, 0.6) is 0 Å². The second-order valence-electron chi connectivity index (χ2n) is 5.73. The summed E-state index contributed by atoms with van der Waals surface area (Å²) in [6, 6.07) is 25.9. The Kier molecular flexibility index (Phi) is 2.28. The van der Waals surface area contributed by atoms with Crippen molar-refractivity contribution in [3.63, 3.8) is 0 Å². The highest BCUT2D eigenvalue weighted by Gasteiger charge is 2.07. The Balaban J connectivity index is 2.09. The average Bonchev–Trinajstić information content (AvgIpc) is 2.59. The van der Waals surface area contributed by atoms with Crippen molar-refractivity contribution in [2.75, 3.05) is 0 Å². The third-order valence-electron chi connectivity index (χ3n) is 4.44. The van der Waals surface area contributed by atoms with Crippen LogP contribution in [0.1, 0.15) is 0 Å². The molecule has 5 aromatic rings. The maximum absolute atomic E-state index is 4.64. The third-order valence-corrected chi connectivity index (χ3v) is 4.44. The number of pyridine rings is 1. The van der Waals surface area contributed by atoms with Gasteiger partial charge in [0.05, 0.1) is 5.52 Å². The first-order valence-electron chi connectivity index (χ1n) is 7.49. The van der Waals surface area contributed by atoms with Gasteiger partial charge in [-0.05, 0) is 45.1 Å². The Labute approximate surface area is 127 Å². The SMILES string of the molecule is c1ccc2cc3c(ccc4ncc5ccccc5c43)cc2c1. The van der Waals surface area contributed by atoms with Gasteiger partial charge in [-0.1, -0.05) is 54.6 Å². The molecule has 0 aliphatic rings. The summed E-state index contributed by atoms with van der Waals surface area (Å²) in [7, 11) is 0. The molecule has 22 heavy (non-hydrogen) atoms. The van der Waals surface area contributed by atoms with Crippen molar-refractivity contribution < 1.29 is 0 Å². The van der Waals surface area contributed by atoms with Crippen molar-refractivity contribution in [2.45, 2.75) is 0 Å². The molecule has 0 aliphatic heterocycles. The first-order valence-corrected chi connectivity index (χ1v) is 7.49. The predicted octanol–water partition coefficient (Wildman–Crippen LogP) is 5.69. The summed E-state index contributed by atoms with van der Waals surface area (Å²) in [6.45, 7) is 0. The molecule has 0 unspecified atom stereocenters. The molecular weight excluding hydrogens is 266 g/mol. The lowest BCUT2D eigenvalue weighted by molar-refractivity contribution is 1.45. The van der Waals surface area contributed by atoms with Gasteiger partial charge in [-0.25, -0.2) is 0 Å². The Morgan fingerprint density at radius 2 is 1.27 bits per heavy atom. The van der Waals surface area contributed by atoms with Crippen molar-refractivity contribution in [3.05, 3.63) is 79.0 Å². The van der Waals surface area contributed by atoms with Crippen LogP contribution < -0.4 is 0 Å². The van der Waals surface area contributed by atoms with Gasteiger partial charge in [0, 0.05) is 17.0 Å². The van der Waals surface area contributed by atoms with Crippen molar-refractivity contribution in [2.24, 2.45) is 0 Å². The molecule has 0 saturated heterocycles. The zero-order valence-electron chi connectivity index (χ0n) is 12.0. The molecule has 4 aromatic carbocycles. The first kappa shape index (κ1) is 11.7. The Hall–Kier alpha value is -2.93. The summed E-state index contributed by atoms with van der Waals surface area (Å²) in [4.78, 5) is 4.64. The monoisotopic (exact) mass is 279 g/mol. The molecule has 5 rings (SSSR count). The molecule has 1 heteroatoms. The molecule has 1 nitrogen and oxygen atoms in total. The van der Waals surface area contributed by atoms with Gasteiger partial charge in [-0.3, -0.25) is 4.98 Å². The molecule has 0 saturated carbocycles. The molecule has 0 bridgehead atoms. The smallest absolute Gasteiger partial charge is 0.0714 e. The number of aromatic nitrogens is 1. The first-order chi connectivity index (χ1) is 10.9. The average molecular weight is 279 g/mol. The van der Waals surface area contributed by atoms with Gasteiger partial charge in [-0.15, -0.1) is 0 Å². The van der Waals surface area contributed by atoms with E-state index < -0.39 is 0 Å². The summed E-state index contributed by atoms with van der Waals surface area (Å²) in [6.07, 6.45) is 1.96. The van der Waals surface area contributed by atoms with Crippen LogP contribution in [0.4, 0.5) is 0 Å². The highest BCUT2D eigenvalue weighted by atomic mass is 14.6. The van der Waals surface area contributed by atoms with E-state index in [0.717, 1.165) is 5.52 Å². The quantitative estimate of drug-likeness (QED) is 0.262. The van der Waals surface area contributed by atoms with E-state index in [9.17, 15) is 0 Å². The number of nitrogens with zero attached hydrogens (tertiary/aromatic N) is 1. The Morgan fingerprint density at radius 1 is 0.545 bits per heavy atom. The fourth-order valence-corrected chi connectivity index (χ4v) is 3.37. The molecule has 0 amide bonds. The highest BCUT2D eigenvalue weighted by Crippen LogP contribution is 2.33. The van der Waals surface area contributed by atoms with E-state index in [-0.39, 0.29) is 0 Å². The third kappa shape index (κ3) is 1.57. The lowest BCUT2D eigenvalue weighted by Crippen LogP contribution is -1.85. The largest absolute Gasteiger partial charge is 0.256 e. The van der Waals surface area contributed by atoms with E-state index >= 15 is 0 Å². The minimum Gasteiger partial charge on any atom is -0.256 e. The number of benzene rings is 4. The zero-order chi connectivity index (χ0) is 14.5. The lowest BCUT2D eigenvalue weighted by Gasteiger charge is -2.08. The summed E-state index contributed by atoms with van der Waals surface area (Å²) < 4.78 is 0. The maximum atomic E-state index is 4.64. The van der Waals surface area contributed by atoms with E-state index in [0.29, 0.717) is 0 Å². The number of hydrogen-bond acceptors (Lipinski definition) is 1. The molecule has 0 radical (unpaired) electrons. The van der Waals surface area contributed by atoms with E-state index in [2.05, 4.69) is 77.8 Å². The van der Waals surface area contributed by atoms with Crippen LogP contribution in [0, 0.1) is 0 Å². The molecule has 0 fully saturated rings. The molecule has 1 heterocycles. The zero-order valence-corrected chi connectivity index (χ0v) is 12.0. The highest BCUT2D eigenvalue weighted by molar-refractivity contribution is 6.20. The Morgan fingerprint density at radius 3 is 2.14 bits per heavy atom. The number of rotatable bonds is 0. The summed E-state index contributed by atoms with van der Waals surface area (Å²) in [5, 5.41) is 8.81. The lowest BCUT2D eigenvalue weighted by atomic mass is 9.97.